The summed E-state index contributed by atoms with van der Waals surface area (Å²) in [6, 6.07) is 6.03. The van der Waals surface area contributed by atoms with Crippen molar-refractivity contribution in [3.8, 4) is 17.2 Å². The molecule has 0 N–H and O–H groups in total. The third-order valence-corrected chi connectivity index (χ3v) is 3.32. The number of carbonyl (C=O) groups excluding carboxylic acids is 2. The lowest BCUT2D eigenvalue weighted by molar-refractivity contribution is 0.0434. The molecule has 1 aromatic heterocycles. The molecule has 2 aromatic rings. The average molecular weight is 350 g/mol. The molecule has 2 rings (SSSR count). The first-order valence-electron chi connectivity index (χ1n) is 7.18. The molecule has 0 aliphatic rings. The lowest BCUT2D eigenvalue weighted by atomic mass is 10.1. The van der Waals surface area contributed by atoms with Gasteiger partial charge >= 0.3 is 11.9 Å². The first-order valence-corrected chi connectivity index (χ1v) is 7.18. The van der Waals surface area contributed by atoms with Crippen molar-refractivity contribution in [1.82, 2.24) is 0 Å². The number of carbonyl (C=O) groups is 2. The van der Waals surface area contributed by atoms with Gasteiger partial charge in [0.2, 0.25) is 11.5 Å². The van der Waals surface area contributed by atoms with E-state index in [1.54, 1.807) is 6.07 Å². The third kappa shape index (κ3) is 3.85. The molecule has 25 heavy (non-hydrogen) atoms. The van der Waals surface area contributed by atoms with Crippen LogP contribution in [0.2, 0.25) is 0 Å². The zero-order valence-electron chi connectivity index (χ0n) is 14.3. The number of hydrogen-bond donors (Lipinski definition) is 0. The SMILES string of the molecule is COC(=O)c1ccc(COC(=O)c2ccc(OC)c(OC)c2OC)o1. The fourth-order valence-electron chi connectivity index (χ4n) is 2.14. The molecule has 0 unspecified atom stereocenters. The average Bonchev–Trinajstić information content (AvgIpc) is 3.12. The molecule has 0 aliphatic carbocycles. The van der Waals surface area contributed by atoms with Gasteiger partial charge in [0.1, 0.15) is 17.9 Å². The molecule has 0 amide bonds. The van der Waals surface area contributed by atoms with Crippen molar-refractivity contribution >= 4 is 11.9 Å². The molecule has 0 spiro atoms. The van der Waals surface area contributed by atoms with Crippen LogP contribution in [0.3, 0.4) is 0 Å². The molecule has 0 radical (unpaired) electrons. The second kappa shape index (κ2) is 8.09. The molecular weight excluding hydrogens is 332 g/mol. The van der Waals surface area contributed by atoms with Gasteiger partial charge in [0.15, 0.2) is 11.5 Å². The van der Waals surface area contributed by atoms with E-state index < -0.39 is 11.9 Å². The topological polar surface area (TPSA) is 93.4 Å². The Kier molecular flexibility index (Phi) is 5.89. The summed E-state index contributed by atoms with van der Waals surface area (Å²) < 4.78 is 30.6. The summed E-state index contributed by atoms with van der Waals surface area (Å²) in [7, 11) is 5.56. The molecule has 0 bridgehead atoms. The van der Waals surface area contributed by atoms with Crippen molar-refractivity contribution in [2.24, 2.45) is 0 Å². The van der Waals surface area contributed by atoms with Crippen LogP contribution in [0.15, 0.2) is 28.7 Å². The Morgan fingerprint density at radius 1 is 0.880 bits per heavy atom. The number of hydrogen-bond acceptors (Lipinski definition) is 8. The third-order valence-electron chi connectivity index (χ3n) is 3.32. The van der Waals surface area contributed by atoms with Crippen LogP contribution in [0, 0.1) is 0 Å². The van der Waals surface area contributed by atoms with Crippen molar-refractivity contribution in [3.05, 3.63) is 41.3 Å². The first kappa shape index (κ1) is 18.2. The van der Waals surface area contributed by atoms with Crippen LogP contribution >= 0.6 is 0 Å². The zero-order chi connectivity index (χ0) is 18.4. The van der Waals surface area contributed by atoms with Gasteiger partial charge < -0.3 is 28.1 Å². The Morgan fingerprint density at radius 3 is 2.20 bits per heavy atom. The molecule has 8 nitrogen and oxygen atoms in total. The van der Waals surface area contributed by atoms with Crippen molar-refractivity contribution < 1.29 is 37.7 Å². The molecule has 134 valence electrons. The molecule has 0 saturated heterocycles. The fourth-order valence-corrected chi connectivity index (χ4v) is 2.14. The van der Waals surface area contributed by atoms with E-state index >= 15 is 0 Å². The number of ether oxygens (including phenoxy) is 5. The summed E-state index contributed by atoms with van der Waals surface area (Å²) >= 11 is 0. The first-order chi connectivity index (χ1) is 12.0. The van der Waals surface area contributed by atoms with E-state index in [1.165, 1.54) is 46.6 Å². The minimum Gasteiger partial charge on any atom is -0.493 e. The smallest absolute Gasteiger partial charge is 0.373 e. The summed E-state index contributed by atoms with van der Waals surface area (Å²) in [5.74, 6) is -0.0324. The normalized spacial score (nSPS) is 10.1. The zero-order valence-corrected chi connectivity index (χ0v) is 14.3. The maximum absolute atomic E-state index is 12.3. The Morgan fingerprint density at radius 2 is 1.60 bits per heavy atom. The monoisotopic (exact) mass is 350 g/mol. The van der Waals surface area contributed by atoms with Gasteiger partial charge in [0.05, 0.1) is 28.4 Å². The van der Waals surface area contributed by atoms with E-state index in [0.717, 1.165) is 0 Å². The Balaban J connectivity index is 2.15. The lowest BCUT2D eigenvalue weighted by Gasteiger charge is -2.14. The van der Waals surface area contributed by atoms with Crippen LogP contribution in [0.25, 0.3) is 0 Å². The Hall–Kier alpha value is -3.16. The van der Waals surface area contributed by atoms with Crippen LogP contribution in [0.1, 0.15) is 26.7 Å². The van der Waals surface area contributed by atoms with Crippen molar-refractivity contribution in [3.63, 3.8) is 0 Å². The van der Waals surface area contributed by atoms with E-state index in [1.807, 2.05) is 0 Å². The van der Waals surface area contributed by atoms with E-state index in [2.05, 4.69) is 4.74 Å². The molecule has 1 aromatic carbocycles. The lowest BCUT2D eigenvalue weighted by Crippen LogP contribution is -2.08. The van der Waals surface area contributed by atoms with Crippen molar-refractivity contribution in [2.75, 3.05) is 28.4 Å². The van der Waals surface area contributed by atoms with Gasteiger partial charge in [-0.05, 0) is 24.3 Å². The van der Waals surface area contributed by atoms with Gasteiger partial charge in [0.25, 0.3) is 0 Å². The van der Waals surface area contributed by atoms with Crippen molar-refractivity contribution in [1.29, 1.82) is 0 Å². The van der Waals surface area contributed by atoms with Gasteiger partial charge in [-0.2, -0.15) is 0 Å². The second-order valence-corrected chi connectivity index (χ2v) is 4.72. The van der Waals surface area contributed by atoms with Gasteiger partial charge in [-0.25, -0.2) is 9.59 Å². The van der Waals surface area contributed by atoms with Crippen LogP contribution in [0.4, 0.5) is 0 Å². The molecular formula is C17H18O8. The summed E-state index contributed by atoms with van der Waals surface area (Å²) in [5.41, 5.74) is 0.167. The minimum absolute atomic E-state index is 0.0252. The van der Waals surface area contributed by atoms with Gasteiger partial charge in [0, 0.05) is 0 Å². The highest BCUT2D eigenvalue weighted by Crippen LogP contribution is 2.40. The standard InChI is InChI=1S/C17H18O8/c1-20-12-8-6-11(14(21-2)15(12)22-3)16(18)24-9-10-5-7-13(25-10)17(19)23-4/h5-8H,9H2,1-4H3. The summed E-state index contributed by atoms with van der Waals surface area (Å²) in [5, 5.41) is 0. The van der Waals surface area contributed by atoms with Crippen molar-refractivity contribution in [2.45, 2.75) is 6.61 Å². The van der Waals surface area contributed by atoms with E-state index in [9.17, 15) is 9.59 Å². The largest absolute Gasteiger partial charge is 0.493 e. The predicted octanol–water partition coefficient (Wildman–Crippen LogP) is 2.45. The molecule has 0 saturated carbocycles. The number of benzene rings is 1. The maximum atomic E-state index is 12.3. The van der Waals surface area contributed by atoms with E-state index in [4.69, 9.17) is 23.4 Å². The molecule has 0 fully saturated rings. The maximum Gasteiger partial charge on any atom is 0.373 e. The highest BCUT2D eigenvalue weighted by molar-refractivity contribution is 5.94. The second-order valence-electron chi connectivity index (χ2n) is 4.72. The molecule has 0 aliphatic heterocycles. The van der Waals surface area contributed by atoms with Crippen LogP contribution in [-0.2, 0) is 16.1 Å². The fraction of sp³-hybridized carbons (Fsp3) is 0.294. The predicted molar refractivity (Wildman–Crippen MR) is 85.3 cm³/mol. The summed E-state index contributed by atoms with van der Waals surface area (Å²) in [6.07, 6.45) is 0. The van der Waals surface area contributed by atoms with Gasteiger partial charge in [-0.15, -0.1) is 0 Å². The highest BCUT2D eigenvalue weighted by Gasteiger charge is 2.22. The Labute approximate surface area is 144 Å². The van der Waals surface area contributed by atoms with Crippen LogP contribution in [0.5, 0.6) is 17.2 Å². The van der Waals surface area contributed by atoms with E-state index in [0.29, 0.717) is 11.5 Å². The Bertz CT molecular complexity index is 762. The van der Waals surface area contributed by atoms with Gasteiger partial charge in [-0.1, -0.05) is 0 Å². The summed E-state index contributed by atoms with van der Waals surface area (Å²) in [4.78, 5) is 23.7. The summed E-state index contributed by atoms with van der Waals surface area (Å²) in [6.45, 7) is -0.159. The number of furan rings is 1. The molecule has 1 heterocycles. The van der Waals surface area contributed by atoms with E-state index in [-0.39, 0.29) is 29.4 Å². The van der Waals surface area contributed by atoms with Crippen LogP contribution < -0.4 is 14.2 Å². The quantitative estimate of drug-likeness (QED) is 0.703. The molecule has 0 atom stereocenters. The van der Waals surface area contributed by atoms with Crippen LogP contribution in [-0.4, -0.2) is 40.4 Å². The number of esters is 2. The highest BCUT2D eigenvalue weighted by atomic mass is 16.6. The van der Waals surface area contributed by atoms with Gasteiger partial charge in [-0.3, -0.25) is 0 Å². The number of rotatable bonds is 7. The minimum atomic E-state index is -0.645. The molecule has 8 heteroatoms. The number of methoxy groups -OCH3 is 4.